The summed E-state index contributed by atoms with van der Waals surface area (Å²) >= 11 is 5.78. The maximum Gasteiger partial charge on any atom is 0.258 e. The lowest BCUT2D eigenvalue weighted by atomic mass is 10.1. The fourth-order valence-electron chi connectivity index (χ4n) is 2.29. The zero-order valence-electron chi connectivity index (χ0n) is 14.2. The van der Waals surface area contributed by atoms with Crippen molar-refractivity contribution in [2.75, 3.05) is 24.6 Å². The number of rotatable bonds is 7. The van der Waals surface area contributed by atoms with Gasteiger partial charge in [-0.15, -0.1) is 0 Å². The van der Waals surface area contributed by atoms with Crippen LogP contribution >= 0.6 is 11.6 Å². The highest BCUT2D eigenvalue weighted by Gasteiger charge is 2.15. The van der Waals surface area contributed by atoms with Gasteiger partial charge >= 0.3 is 0 Å². The van der Waals surface area contributed by atoms with Crippen molar-refractivity contribution in [2.24, 2.45) is 0 Å². The lowest BCUT2D eigenvalue weighted by Gasteiger charge is -2.22. The van der Waals surface area contributed by atoms with Gasteiger partial charge in [0.25, 0.3) is 5.91 Å². The van der Waals surface area contributed by atoms with E-state index < -0.39 is 0 Å². The van der Waals surface area contributed by atoms with Crippen LogP contribution in [0, 0.1) is 11.3 Å². The summed E-state index contributed by atoms with van der Waals surface area (Å²) in [5.41, 5.74) is 0.925. The summed E-state index contributed by atoms with van der Waals surface area (Å²) in [7, 11) is 0. The quantitative estimate of drug-likeness (QED) is 0.811. The minimum absolute atomic E-state index is 0.142. The van der Waals surface area contributed by atoms with Crippen LogP contribution in [0.2, 0.25) is 5.02 Å². The van der Waals surface area contributed by atoms with Crippen LogP contribution < -0.4 is 15.0 Å². The Balaban J connectivity index is 1.86. The molecule has 0 saturated heterocycles. The average Bonchev–Trinajstić information content (AvgIpc) is 2.64. The first-order valence-electron chi connectivity index (χ1n) is 7.93. The highest BCUT2D eigenvalue weighted by Crippen LogP contribution is 2.19. The third kappa shape index (κ3) is 5.50. The number of ether oxygens (including phenoxy) is 1. The minimum atomic E-state index is -0.308. The summed E-state index contributed by atoms with van der Waals surface area (Å²) in [6, 6.07) is 15.6. The van der Waals surface area contributed by atoms with E-state index in [9.17, 15) is 14.9 Å². The molecule has 0 saturated carbocycles. The number of hydrogen-bond acceptors (Lipinski definition) is 4. The third-order valence-corrected chi connectivity index (χ3v) is 3.79. The zero-order valence-corrected chi connectivity index (χ0v) is 15.0. The van der Waals surface area contributed by atoms with Gasteiger partial charge in [-0.1, -0.05) is 23.7 Å². The minimum Gasteiger partial charge on any atom is -0.484 e. The summed E-state index contributed by atoms with van der Waals surface area (Å²) in [6.07, 6.45) is 0. The van der Waals surface area contributed by atoms with Gasteiger partial charge in [-0.25, -0.2) is 0 Å². The Morgan fingerprint density at radius 2 is 1.88 bits per heavy atom. The van der Waals surface area contributed by atoms with E-state index in [1.54, 1.807) is 48.5 Å². The van der Waals surface area contributed by atoms with Gasteiger partial charge in [0.05, 0.1) is 11.3 Å². The number of carbonyl (C=O) groups excluding carboxylic acids is 2. The van der Waals surface area contributed by atoms with Crippen LogP contribution in [0.5, 0.6) is 5.75 Å². The van der Waals surface area contributed by atoms with E-state index in [2.05, 4.69) is 11.4 Å². The molecule has 0 atom stereocenters. The Morgan fingerprint density at radius 1 is 1.19 bits per heavy atom. The number of halogens is 1. The van der Waals surface area contributed by atoms with Crippen LogP contribution in [0.25, 0.3) is 0 Å². The van der Waals surface area contributed by atoms with E-state index in [1.807, 2.05) is 0 Å². The molecular formula is C19H18ClN3O3. The monoisotopic (exact) mass is 371 g/mol. The second-order valence-electron chi connectivity index (χ2n) is 5.39. The highest BCUT2D eigenvalue weighted by molar-refractivity contribution is 6.30. The number of amides is 2. The van der Waals surface area contributed by atoms with Crippen molar-refractivity contribution < 1.29 is 14.3 Å². The molecule has 0 spiro atoms. The van der Waals surface area contributed by atoms with Crippen molar-refractivity contribution in [3.05, 3.63) is 59.1 Å². The molecule has 0 aromatic heterocycles. The molecule has 6 nitrogen and oxygen atoms in total. The van der Waals surface area contributed by atoms with Crippen LogP contribution in [0.1, 0.15) is 12.5 Å². The van der Waals surface area contributed by atoms with Gasteiger partial charge in [0.15, 0.2) is 6.61 Å². The molecule has 0 heterocycles. The number of hydrogen-bond donors (Lipinski definition) is 1. The molecule has 0 aliphatic carbocycles. The topological polar surface area (TPSA) is 82.4 Å². The van der Waals surface area contributed by atoms with Gasteiger partial charge in [0, 0.05) is 25.0 Å². The molecule has 26 heavy (non-hydrogen) atoms. The van der Waals surface area contributed by atoms with E-state index in [0.29, 0.717) is 22.0 Å². The average molecular weight is 372 g/mol. The van der Waals surface area contributed by atoms with E-state index in [0.717, 1.165) is 0 Å². The second kappa shape index (κ2) is 9.44. The van der Waals surface area contributed by atoms with E-state index in [1.165, 1.54) is 11.8 Å². The maximum atomic E-state index is 11.9. The summed E-state index contributed by atoms with van der Waals surface area (Å²) in [6.45, 7) is 1.76. The van der Waals surface area contributed by atoms with Crippen LogP contribution in [0.15, 0.2) is 48.5 Å². The van der Waals surface area contributed by atoms with Gasteiger partial charge in [-0.05, 0) is 36.4 Å². The van der Waals surface area contributed by atoms with Crippen molar-refractivity contribution >= 4 is 29.1 Å². The molecule has 2 aromatic rings. The normalized spacial score (nSPS) is 9.88. The van der Waals surface area contributed by atoms with Gasteiger partial charge in [0.1, 0.15) is 11.8 Å². The van der Waals surface area contributed by atoms with Gasteiger partial charge in [0.2, 0.25) is 5.91 Å². The molecule has 2 aromatic carbocycles. The SMILES string of the molecule is CC(=O)N(CCNC(=O)COc1ccc(Cl)cc1)c1ccccc1C#N. The smallest absolute Gasteiger partial charge is 0.258 e. The molecule has 2 amide bonds. The number of nitriles is 1. The number of carbonyl (C=O) groups is 2. The molecule has 0 bridgehead atoms. The fraction of sp³-hybridized carbons (Fsp3) is 0.211. The number of para-hydroxylation sites is 1. The molecule has 0 fully saturated rings. The van der Waals surface area contributed by atoms with Gasteiger partial charge < -0.3 is 15.0 Å². The molecule has 0 radical (unpaired) electrons. The summed E-state index contributed by atoms with van der Waals surface area (Å²) in [4.78, 5) is 25.2. The first-order valence-corrected chi connectivity index (χ1v) is 8.31. The number of benzene rings is 2. The number of nitrogens with one attached hydrogen (secondary N) is 1. The van der Waals surface area contributed by atoms with Crippen molar-refractivity contribution in [1.82, 2.24) is 5.32 Å². The summed E-state index contributed by atoms with van der Waals surface area (Å²) in [5.74, 6) is 0.0224. The highest BCUT2D eigenvalue weighted by atomic mass is 35.5. The summed E-state index contributed by atoms with van der Waals surface area (Å²) in [5, 5.41) is 12.5. The van der Waals surface area contributed by atoms with Gasteiger partial charge in [-0.2, -0.15) is 5.26 Å². The van der Waals surface area contributed by atoms with Crippen LogP contribution in [-0.4, -0.2) is 31.5 Å². The van der Waals surface area contributed by atoms with E-state index >= 15 is 0 Å². The zero-order chi connectivity index (χ0) is 18.9. The largest absolute Gasteiger partial charge is 0.484 e. The summed E-state index contributed by atoms with van der Waals surface area (Å²) < 4.78 is 5.35. The molecule has 2 rings (SSSR count). The third-order valence-electron chi connectivity index (χ3n) is 3.54. The number of anilines is 1. The Morgan fingerprint density at radius 3 is 2.54 bits per heavy atom. The van der Waals surface area contributed by atoms with E-state index in [-0.39, 0.29) is 31.5 Å². The molecular weight excluding hydrogens is 354 g/mol. The first kappa shape index (κ1) is 19.3. The molecule has 0 aliphatic rings. The van der Waals surface area contributed by atoms with E-state index in [4.69, 9.17) is 16.3 Å². The Labute approximate surface area is 156 Å². The van der Waals surface area contributed by atoms with Crippen molar-refractivity contribution in [3.63, 3.8) is 0 Å². The Hall–Kier alpha value is -3.04. The van der Waals surface area contributed by atoms with Crippen molar-refractivity contribution in [2.45, 2.75) is 6.92 Å². The lowest BCUT2D eigenvalue weighted by Crippen LogP contribution is -2.39. The molecule has 0 aliphatic heterocycles. The molecule has 134 valence electrons. The van der Waals surface area contributed by atoms with Crippen LogP contribution in [0.4, 0.5) is 5.69 Å². The Kier molecular flexibility index (Phi) is 7.01. The van der Waals surface area contributed by atoms with Crippen molar-refractivity contribution in [3.8, 4) is 11.8 Å². The number of nitrogens with zero attached hydrogens (tertiary/aromatic N) is 2. The standard InChI is InChI=1S/C19H18ClN3O3/c1-14(24)23(18-5-3-2-4-15(18)12-21)11-10-22-19(25)13-26-17-8-6-16(20)7-9-17/h2-9H,10-11,13H2,1H3,(H,22,25). The molecule has 0 unspecified atom stereocenters. The van der Waals surface area contributed by atoms with Gasteiger partial charge in [-0.3, -0.25) is 9.59 Å². The van der Waals surface area contributed by atoms with Crippen molar-refractivity contribution in [1.29, 1.82) is 5.26 Å². The Bertz CT molecular complexity index is 816. The first-order chi connectivity index (χ1) is 12.5. The second-order valence-corrected chi connectivity index (χ2v) is 5.83. The molecule has 7 heteroatoms. The van der Waals surface area contributed by atoms with Crippen LogP contribution in [-0.2, 0) is 9.59 Å². The fourth-order valence-corrected chi connectivity index (χ4v) is 2.41. The predicted octanol–water partition coefficient (Wildman–Crippen LogP) is 2.76. The lowest BCUT2D eigenvalue weighted by molar-refractivity contribution is -0.123. The van der Waals surface area contributed by atoms with Crippen LogP contribution in [0.3, 0.4) is 0 Å². The predicted molar refractivity (Wildman–Crippen MR) is 99.1 cm³/mol. The molecule has 1 N–H and O–H groups in total. The maximum absolute atomic E-state index is 11.9.